The van der Waals surface area contributed by atoms with Crippen molar-refractivity contribution in [1.29, 1.82) is 0 Å². The second-order valence-corrected chi connectivity index (χ2v) is 21.5. The van der Waals surface area contributed by atoms with E-state index in [-0.39, 0.29) is 62.9 Å². The fraction of sp³-hybridized carbons (Fsp3) is 0.467. The van der Waals surface area contributed by atoms with Gasteiger partial charge in [0.25, 0.3) is 11.9 Å². The van der Waals surface area contributed by atoms with E-state index in [0.717, 1.165) is 18.2 Å². The monoisotopic (exact) mass is 1290 g/mol. The van der Waals surface area contributed by atoms with Crippen molar-refractivity contribution in [2.45, 2.75) is 136 Å². The van der Waals surface area contributed by atoms with E-state index in [0.29, 0.717) is 11.1 Å². The Balaban J connectivity index is 0.812. The Morgan fingerprint density at radius 2 is 1.08 bits per heavy atom. The lowest BCUT2D eigenvalue weighted by Crippen LogP contribution is -2.61. The SMILES string of the molecule is COc1cc(C=CC(=O)OCC2OC(Oc3ccc(C=CC(=O)OC4C(C)OC(OCC5OC(OC6=Cc7c(OC8OC(CO)C(O)C(O)C8O)cc(O)cc7[OH+]C6c6cc(OC)c(O)c(OC)c6)C(O)C(O)C5O)C(O)C4O)cc3)C(O)C(O)C2O)ccc1O. The number of hydrogen-bond acceptors (Lipinski definition) is 30. The van der Waals surface area contributed by atoms with Gasteiger partial charge >= 0.3 is 11.9 Å². The average Bonchev–Trinajstić information content (AvgIpc) is 0.801. The van der Waals surface area contributed by atoms with Gasteiger partial charge in [-0.15, -0.1) is 0 Å². The van der Waals surface area contributed by atoms with Crippen LogP contribution in [0.4, 0.5) is 0 Å². The molecule has 31 heteroatoms. The minimum absolute atomic E-state index is 0.0132. The molecule has 21 atom stereocenters. The molecule has 4 aromatic rings. The Bertz CT molecular complexity index is 3220. The van der Waals surface area contributed by atoms with Crippen LogP contribution in [0.3, 0.4) is 0 Å². The van der Waals surface area contributed by atoms with Gasteiger partial charge in [-0.05, 0) is 66.6 Å². The third-order valence-corrected chi connectivity index (χ3v) is 15.4. The first-order valence-corrected chi connectivity index (χ1v) is 28.2. The maximum Gasteiger partial charge on any atom is 0.331 e. The number of methoxy groups -OCH3 is 3. The fourth-order valence-electron chi connectivity index (χ4n) is 10.3. The molecule has 0 radical (unpaired) electrons. The van der Waals surface area contributed by atoms with Gasteiger partial charge in [0.1, 0.15) is 115 Å². The number of rotatable bonds is 21. The number of carbonyl (C=O) groups is 2. The fourth-order valence-corrected chi connectivity index (χ4v) is 10.3. The van der Waals surface area contributed by atoms with Crippen molar-refractivity contribution in [3.05, 3.63) is 107 Å². The second kappa shape index (κ2) is 29.3. The first kappa shape index (κ1) is 67.7. The number of carbonyl (C=O) groups excluding carboxylic acids is 2. The number of ether oxygens (including phenoxy) is 14. The first-order valence-electron chi connectivity index (χ1n) is 28.2. The van der Waals surface area contributed by atoms with Gasteiger partial charge in [0.15, 0.2) is 41.2 Å². The van der Waals surface area contributed by atoms with Gasteiger partial charge in [-0.3, -0.25) is 0 Å². The molecule has 5 aliphatic heterocycles. The molecule has 4 aromatic carbocycles. The van der Waals surface area contributed by atoms with Crippen molar-refractivity contribution in [3.8, 4) is 51.7 Å². The third kappa shape index (κ3) is 15.2. The summed E-state index contributed by atoms with van der Waals surface area (Å²) in [5, 5.41) is 161. The number of phenolic OH excluding ortho intramolecular Hbond substituents is 3. The molecule has 496 valence electrons. The van der Waals surface area contributed by atoms with Gasteiger partial charge in [-0.1, -0.05) is 18.2 Å². The molecule has 5 aliphatic rings. The zero-order valence-corrected chi connectivity index (χ0v) is 48.8. The second-order valence-electron chi connectivity index (χ2n) is 21.5. The lowest BCUT2D eigenvalue weighted by molar-refractivity contribution is -0.325. The Hall–Kier alpha value is -7.64. The van der Waals surface area contributed by atoms with Crippen LogP contribution in [0.5, 0.6) is 51.7 Å². The standard InChI is InChI=1S/C60H70O31/c1-24-55(91-42(65)14-8-25-5-10-29(11-6-25)84-58-51(74)48(71)45(68)39(89-58)22-81-41(64)13-9-26-7-12-31(63)34(15-26)78-2)50(73)54(77)57(83-24)82-23-40-46(69)49(72)53(76)60(90-40)87-37-20-30-32(85-56(37)27-16-35(79-3)43(66)36(17-27)80-4)18-28(62)19-33(30)86-59-52(75)47(70)44(67)38(21-61)88-59/h5-20,24,38-40,44-63,66-77H,21-23H2,1-4H3/p+1. The molecule has 0 saturated carbocycles. The van der Waals surface area contributed by atoms with Gasteiger partial charge in [0.05, 0.1) is 52.3 Å². The molecule has 9 rings (SSSR count). The average molecular weight is 1290 g/mol. The van der Waals surface area contributed by atoms with E-state index in [1.807, 2.05) is 0 Å². The number of esters is 2. The highest BCUT2D eigenvalue weighted by Gasteiger charge is 2.51. The minimum atomic E-state index is -2.01. The molecule has 0 amide bonds. The number of aliphatic hydroxyl groups is 13. The van der Waals surface area contributed by atoms with E-state index < -0.39 is 166 Å². The van der Waals surface area contributed by atoms with Crippen LogP contribution in [0.25, 0.3) is 18.2 Å². The Morgan fingerprint density at radius 1 is 0.538 bits per heavy atom. The molecule has 31 nitrogen and oxygen atoms in total. The van der Waals surface area contributed by atoms with Crippen LogP contribution in [-0.2, 0) is 47.5 Å². The van der Waals surface area contributed by atoms with Crippen LogP contribution in [0.1, 0.15) is 35.3 Å². The lowest BCUT2D eigenvalue weighted by Gasteiger charge is -2.43. The summed E-state index contributed by atoms with van der Waals surface area (Å²) in [5.41, 5.74) is 1.15. The third-order valence-electron chi connectivity index (χ3n) is 15.4. The van der Waals surface area contributed by atoms with Crippen molar-refractivity contribution >= 4 is 30.2 Å². The summed E-state index contributed by atoms with van der Waals surface area (Å²) in [6.45, 7) is -0.640. The minimum Gasteiger partial charge on any atom is -0.571 e. The quantitative estimate of drug-likeness (QED) is 0.0237. The zero-order chi connectivity index (χ0) is 65.7. The van der Waals surface area contributed by atoms with E-state index in [4.69, 9.17) is 66.3 Å². The summed E-state index contributed by atoms with van der Waals surface area (Å²) in [6.07, 6.45) is -29.2. The van der Waals surface area contributed by atoms with Crippen molar-refractivity contribution in [3.63, 3.8) is 0 Å². The van der Waals surface area contributed by atoms with Crippen LogP contribution in [0.15, 0.2) is 84.6 Å². The molecule has 0 spiro atoms. The van der Waals surface area contributed by atoms with Crippen LogP contribution < -0.4 is 23.7 Å². The molecule has 5 heterocycles. The molecule has 4 fully saturated rings. The predicted molar refractivity (Wildman–Crippen MR) is 303 cm³/mol. The van der Waals surface area contributed by atoms with Crippen molar-refractivity contribution < 1.29 is 153 Å². The summed E-state index contributed by atoms with van der Waals surface area (Å²) >= 11 is 0. The summed E-state index contributed by atoms with van der Waals surface area (Å²) in [6, 6.07) is 15.3. The van der Waals surface area contributed by atoms with Crippen LogP contribution >= 0.6 is 0 Å². The van der Waals surface area contributed by atoms with E-state index in [9.17, 15) is 86.2 Å². The normalized spacial score (nSPS) is 33.2. The number of hydrogen-bond donors (Lipinski definition) is 15. The molecule has 0 aromatic heterocycles. The summed E-state index contributed by atoms with van der Waals surface area (Å²) < 4.78 is 77.9. The molecule has 0 bridgehead atoms. The number of aliphatic hydroxyl groups excluding tert-OH is 12. The van der Waals surface area contributed by atoms with Crippen LogP contribution in [-0.4, -0.2) is 257 Å². The number of phenols is 3. The predicted octanol–water partition coefficient (Wildman–Crippen LogP) is -2.28. The topological polar surface area (TPSA) is 470 Å². The lowest BCUT2D eigenvalue weighted by atomic mass is 9.97. The summed E-state index contributed by atoms with van der Waals surface area (Å²) in [4.78, 5) is 25.6. The summed E-state index contributed by atoms with van der Waals surface area (Å²) in [7, 11) is 3.90. The molecule has 4 saturated heterocycles. The van der Waals surface area contributed by atoms with Crippen molar-refractivity contribution in [2.24, 2.45) is 0 Å². The molecule has 21 unspecified atom stereocenters. The van der Waals surface area contributed by atoms with Gasteiger partial charge < -0.3 is 143 Å². The Labute approximate surface area is 516 Å². The van der Waals surface area contributed by atoms with Crippen LogP contribution in [0.2, 0.25) is 0 Å². The highest BCUT2D eigenvalue weighted by Crippen LogP contribution is 2.49. The van der Waals surface area contributed by atoms with Crippen LogP contribution in [0, 0.1) is 0 Å². The zero-order valence-electron chi connectivity index (χ0n) is 48.8. The Morgan fingerprint density at radius 3 is 1.69 bits per heavy atom. The molecular weight excluding hydrogens is 1220 g/mol. The first-order chi connectivity index (χ1) is 43.4. The molecular formula is C60H71O31+. The van der Waals surface area contributed by atoms with Gasteiger partial charge in [-0.2, -0.15) is 0 Å². The van der Waals surface area contributed by atoms with E-state index in [2.05, 4.69) is 0 Å². The van der Waals surface area contributed by atoms with Gasteiger partial charge in [0, 0.05) is 24.3 Å². The maximum absolute atomic E-state index is 13.1. The smallest absolute Gasteiger partial charge is 0.331 e. The molecule has 91 heavy (non-hydrogen) atoms. The highest BCUT2D eigenvalue weighted by molar-refractivity contribution is 5.88. The van der Waals surface area contributed by atoms with Crippen molar-refractivity contribution in [1.82, 2.24) is 0 Å². The number of benzene rings is 4. The van der Waals surface area contributed by atoms with Gasteiger partial charge in [0.2, 0.25) is 24.6 Å². The highest BCUT2D eigenvalue weighted by atomic mass is 16.7. The van der Waals surface area contributed by atoms with E-state index in [1.54, 1.807) is 0 Å². The Kier molecular flexibility index (Phi) is 21.8. The van der Waals surface area contributed by atoms with E-state index >= 15 is 0 Å². The van der Waals surface area contributed by atoms with E-state index in [1.165, 1.54) is 107 Å². The number of aromatic hydroxyl groups is 4. The molecule has 0 aliphatic carbocycles. The largest absolute Gasteiger partial charge is 0.571 e. The molecule has 16 N–H and O–H groups in total. The maximum atomic E-state index is 13.1. The van der Waals surface area contributed by atoms with Gasteiger partial charge in [-0.25, -0.2) is 9.59 Å². The summed E-state index contributed by atoms with van der Waals surface area (Å²) in [5.74, 6) is -3.05. The van der Waals surface area contributed by atoms with Crippen molar-refractivity contribution in [2.75, 3.05) is 41.2 Å². The number of fused-ring (bicyclic) bond motifs is 1.